The average molecular weight is 330 g/mol. The normalized spacial score (nSPS) is 14.8. The van der Waals surface area contributed by atoms with E-state index < -0.39 is 14.6 Å². The molecule has 104 valence electrons. The fourth-order valence-electron chi connectivity index (χ4n) is 1.29. The van der Waals surface area contributed by atoms with Crippen molar-refractivity contribution in [1.82, 2.24) is 5.32 Å². The molecule has 1 heterocycles. The van der Waals surface area contributed by atoms with Gasteiger partial charge in [-0.05, 0) is 32.4 Å². The summed E-state index contributed by atoms with van der Waals surface area (Å²) in [5.41, 5.74) is 0.899. The zero-order valence-corrected chi connectivity index (χ0v) is 13.9. The Morgan fingerprint density at radius 1 is 1.44 bits per heavy atom. The van der Waals surface area contributed by atoms with E-state index in [2.05, 4.69) is 5.32 Å². The van der Waals surface area contributed by atoms with Gasteiger partial charge in [-0.3, -0.25) is 0 Å². The van der Waals surface area contributed by atoms with Gasteiger partial charge in [-0.1, -0.05) is 23.2 Å². The van der Waals surface area contributed by atoms with Gasteiger partial charge < -0.3 is 5.32 Å². The molecule has 1 aromatic rings. The first-order chi connectivity index (χ1) is 8.04. The van der Waals surface area contributed by atoms with Gasteiger partial charge in [0.15, 0.2) is 9.84 Å². The predicted molar refractivity (Wildman–Crippen MR) is 79.7 cm³/mol. The lowest BCUT2D eigenvalue weighted by atomic mass is 10.1. The van der Waals surface area contributed by atoms with Gasteiger partial charge in [-0.2, -0.15) is 0 Å². The van der Waals surface area contributed by atoms with Gasteiger partial charge in [-0.25, -0.2) is 8.42 Å². The highest BCUT2D eigenvalue weighted by molar-refractivity contribution is 7.92. The van der Waals surface area contributed by atoms with Gasteiger partial charge in [0.05, 0.1) is 13.4 Å². The molecule has 1 N–H and O–H groups in total. The van der Waals surface area contributed by atoms with Crippen LogP contribution in [0.4, 0.5) is 0 Å². The Hall–Kier alpha value is 0.190. The van der Waals surface area contributed by atoms with Gasteiger partial charge in [0, 0.05) is 18.8 Å². The first kappa shape index (κ1) is 16.2. The second-order valence-electron chi connectivity index (χ2n) is 4.91. The molecule has 0 saturated heterocycles. The lowest BCUT2D eigenvalue weighted by Crippen LogP contribution is -2.42. The Balaban J connectivity index is 2.73. The molecular weight excluding hydrogens is 313 g/mol. The second kappa shape index (κ2) is 5.67. The lowest BCUT2D eigenvalue weighted by molar-refractivity contribution is 0.489. The maximum Gasteiger partial charge on any atom is 0.153 e. The molecule has 0 fully saturated rings. The van der Waals surface area contributed by atoms with E-state index in [1.54, 1.807) is 19.9 Å². The zero-order chi connectivity index (χ0) is 14.1. The van der Waals surface area contributed by atoms with Crippen molar-refractivity contribution < 1.29 is 8.42 Å². The largest absolute Gasteiger partial charge is 0.309 e. The number of sulfone groups is 1. The summed E-state index contributed by atoms with van der Waals surface area (Å²) in [6, 6.07) is 1.77. The van der Waals surface area contributed by atoms with Crippen LogP contribution in [0.1, 0.15) is 32.4 Å². The van der Waals surface area contributed by atoms with Crippen molar-refractivity contribution >= 4 is 44.4 Å². The summed E-state index contributed by atoms with van der Waals surface area (Å²) in [6.45, 7) is 5.69. The van der Waals surface area contributed by atoms with E-state index in [0.29, 0.717) is 15.2 Å². The smallest absolute Gasteiger partial charge is 0.153 e. The van der Waals surface area contributed by atoms with Gasteiger partial charge in [0.25, 0.3) is 0 Å². The van der Waals surface area contributed by atoms with Crippen molar-refractivity contribution in [2.75, 3.05) is 12.8 Å². The molecule has 1 atom stereocenters. The third-order valence-corrected chi connectivity index (χ3v) is 6.66. The summed E-state index contributed by atoms with van der Waals surface area (Å²) in [7, 11) is -3.10. The second-order valence-corrected chi connectivity index (χ2v) is 9.85. The van der Waals surface area contributed by atoms with Crippen LogP contribution in [0.2, 0.25) is 8.67 Å². The van der Waals surface area contributed by atoms with Crippen LogP contribution < -0.4 is 5.32 Å². The van der Waals surface area contributed by atoms with Crippen LogP contribution in [0.5, 0.6) is 0 Å². The van der Waals surface area contributed by atoms with E-state index in [1.807, 2.05) is 6.92 Å². The molecule has 0 radical (unpaired) electrons. The minimum absolute atomic E-state index is 0.0396. The average Bonchev–Trinajstić information content (AvgIpc) is 2.53. The number of nitrogens with one attached hydrogen (secondary N) is 1. The standard InChI is InChI=1S/C11H17Cl2NO2S2/c1-7(8-5-9(12)17-10(8)13)14-6-11(2,3)18(4,15)16/h5,7,14H,6H2,1-4H3. The first-order valence-electron chi connectivity index (χ1n) is 5.42. The molecular formula is C11H17Cl2NO2S2. The maximum absolute atomic E-state index is 11.6. The highest BCUT2D eigenvalue weighted by Gasteiger charge is 2.30. The lowest BCUT2D eigenvalue weighted by Gasteiger charge is -2.25. The topological polar surface area (TPSA) is 46.2 Å². The molecule has 0 bridgehead atoms. The fraction of sp³-hybridized carbons (Fsp3) is 0.636. The van der Waals surface area contributed by atoms with Crippen molar-refractivity contribution in [2.45, 2.75) is 31.6 Å². The molecule has 7 heteroatoms. The SMILES string of the molecule is CC(NCC(C)(C)S(C)(=O)=O)c1cc(Cl)sc1Cl. The molecule has 1 aromatic heterocycles. The van der Waals surface area contributed by atoms with E-state index in [4.69, 9.17) is 23.2 Å². The molecule has 0 saturated carbocycles. The molecule has 3 nitrogen and oxygen atoms in total. The Morgan fingerprint density at radius 2 is 2.00 bits per heavy atom. The first-order valence-corrected chi connectivity index (χ1v) is 8.88. The molecule has 18 heavy (non-hydrogen) atoms. The molecule has 0 spiro atoms. The van der Waals surface area contributed by atoms with Crippen molar-refractivity contribution in [1.29, 1.82) is 0 Å². The van der Waals surface area contributed by atoms with Crippen molar-refractivity contribution in [2.24, 2.45) is 0 Å². The maximum atomic E-state index is 11.6. The third kappa shape index (κ3) is 3.84. The fourth-order valence-corrected chi connectivity index (χ4v) is 3.28. The quantitative estimate of drug-likeness (QED) is 0.898. The molecule has 1 rings (SSSR count). The third-order valence-electron chi connectivity index (χ3n) is 2.99. The van der Waals surface area contributed by atoms with Crippen LogP contribution in [0.15, 0.2) is 6.07 Å². The van der Waals surface area contributed by atoms with Crippen molar-refractivity contribution in [3.8, 4) is 0 Å². The summed E-state index contributed by atoms with van der Waals surface area (Å²) >= 11 is 13.2. The molecule has 0 aliphatic heterocycles. The Labute approximate surface area is 122 Å². The number of hydrogen-bond acceptors (Lipinski definition) is 4. The van der Waals surface area contributed by atoms with Crippen molar-refractivity contribution in [3.63, 3.8) is 0 Å². The van der Waals surface area contributed by atoms with Crippen LogP contribution >= 0.6 is 34.5 Å². The molecule has 0 amide bonds. The van der Waals surface area contributed by atoms with E-state index in [9.17, 15) is 8.42 Å². The minimum Gasteiger partial charge on any atom is -0.309 e. The minimum atomic E-state index is -3.10. The molecule has 1 unspecified atom stereocenters. The van der Waals surface area contributed by atoms with E-state index in [-0.39, 0.29) is 6.04 Å². The van der Waals surface area contributed by atoms with E-state index >= 15 is 0 Å². The Bertz CT molecular complexity index is 523. The highest BCUT2D eigenvalue weighted by Crippen LogP contribution is 2.35. The Kier molecular flexibility index (Phi) is 5.12. The van der Waals surface area contributed by atoms with E-state index in [1.165, 1.54) is 17.6 Å². The van der Waals surface area contributed by atoms with Crippen LogP contribution in [-0.2, 0) is 9.84 Å². The predicted octanol–water partition coefficient (Wildman–Crippen LogP) is 3.53. The monoisotopic (exact) mass is 329 g/mol. The Morgan fingerprint density at radius 3 is 2.39 bits per heavy atom. The molecule has 0 aliphatic rings. The van der Waals surface area contributed by atoms with Crippen LogP contribution in [0.3, 0.4) is 0 Å². The summed E-state index contributed by atoms with van der Waals surface area (Å²) < 4.78 is 23.6. The van der Waals surface area contributed by atoms with Gasteiger partial charge >= 0.3 is 0 Å². The molecule has 0 aliphatic carbocycles. The van der Waals surface area contributed by atoms with E-state index in [0.717, 1.165) is 5.56 Å². The van der Waals surface area contributed by atoms with Crippen LogP contribution in [-0.4, -0.2) is 26.0 Å². The van der Waals surface area contributed by atoms with Crippen molar-refractivity contribution in [3.05, 3.63) is 20.3 Å². The number of rotatable bonds is 5. The van der Waals surface area contributed by atoms with Crippen LogP contribution in [0.25, 0.3) is 0 Å². The summed E-state index contributed by atoms with van der Waals surface area (Å²) in [5, 5.41) is 3.18. The number of hydrogen-bond donors (Lipinski definition) is 1. The van der Waals surface area contributed by atoms with Crippen LogP contribution in [0, 0.1) is 0 Å². The summed E-state index contributed by atoms with van der Waals surface area (Å²) in [4.78, 5) is 0. The number of halogens is 2. The summed E-state index contributed by atoms with van der Waals surface area (Å²) in [6.07, 6.45) is 1.24. The van der Waals surface area contributed by atoms with Gasteiger partial charge in [0.2, 0.25) is 0 Å². The van der Waals surface area contributed by atoms with Gasteiger partial charge in [0.1, 0.15) is 0 Å². The number of thiophene rings is 1. The van der Waals surface area contributed by atoms with Gasteiger partial charge in [-0.15, -0.1) is 11.3 Å². The highest BCUT2D eigenvalue weighted by atomic mass is 35.5. The summed E-state index contributed by atoms with van der Waals surface area (Å²) in [5.74, 6) is 0. The molecule has 0 aromatic carbocycles. The zero-order valence-electron chi connectivity index (χ0n) is 10.8.